The lowest BCUT2D eigenvalue weighted by Crippen LogP contribution is -2.60. The van der Waals surface area contributed by atoms with Crippen molar-refractivity contribution in [2.24, 2.45) is 40.9 Å². The van der Waals surface area contributed by atoms with Gasteiger partial charge in [-0.1, -0.05) is 373 Å². The summed E-state index contributed by atoms with van der Waals surface area (Å²) in [6.45, 7) is 44.5. The molecular weight excluding hydrogens is 1040 g/mol. The molecule has 0 heteroatoms. The smallest absolute Gasteiger partial charge is 0.0273 e. The predicted molar refractivity (Wildman–Crippen MR) is 395 cm³/mol. The number of rotatable bonds is 53. The monoisotopic (exact) mass is 1200 g/mol. The van der Waals surface area contributed by atoms with Crippen LogP contribution < -0.4 is 0 Å². The third kappa shape index (κ3) is 28.2. The maximum atomic E-state index is 2.90. The highest BCUT2D eigenvalue weighted by Crippen LogP contribution is 2.69. The molecule has 3 aromatic carbocycles. The molecule has 0 heterocycles. The van der Waals surface area contributed by atoms with E-state index in [1.54, 1.807) is 33.4 Å². The molecule has 0 bridgehead atoms. The van der Waals surface area contributed by atoms with Gasteiger partial charge in [-0.25, -0.2) is 0 Å². The van der Waals surface area contributed by atoms with Gasteiger partial charge < -0.3 is 0 Å². The van der Waals surface area contributed by atoms with Crippen LogP contribution in [0.4, 0.5) is 0 Å². The molecule has 0 aliphatic heterocycles. The van der Waals surface area contributed by atoms with Gasteiger partial charge in [0.05, 0.1) is 0 Å². The predicted octanol–water partition coefficient (Wildman–Crippen LogP) is 29.2. The quantitative estimate of drug-likeness (QED) is 0.0494. The van der Waals surface area contributed by atoms with Crippen LogP contribution in [0.5, 0.6) is 0 Å². The number of unbranched alkanes of at least 4 members (excludes halogenated alkanes) is 24. The maximum absolute atomic E-state index is 2.90. The van der Waals surface area contributed by atoms with Gasteiger partial charge >= 0.3 is 0 Å². The highest BCUT2D eigenvalue weighted by atomic mass is 14.7. The Morgan fingerprint density at radius 3 is 0.874 bits per heavy atom. The van der Waals surface area contributed by atoms with E-state index < -0.39 is 0 Å². The van der Waals surface area contributed by atoms with E-state index in [4.69, 9.17) is 0 Å². The Labute approximate surface area is 547 Å². The van der Waals surface area contributed by atoms with Crippen molar-refractivity contribution in [1.82, 2.24) is 0 Å². The lowest BCUT2D eigenvalue weighted by molar-refractivity contribution is -0.0173. The molecule has 0 spiro atoms. The highest BCUT2D eigenvalue weighted by Gasteiger charge is 2.63. The second-order valence-electron chi connectivity index (χ2n) is 32.5. The second-order valence-corrected chi connectivity index (χ2v) is 32.5. The molecule has 0 aliphatic carbocycles. The first-order chi connectivity index (χ1) is 41.6. The summed E-state index contributed by atoms with van der Waals surface area (Å²) >= 11 is 0. The fraction of sp³-hybridized carbons (Fsp3) is 0.793. The van der Waals surface area contributed by atoms with E-state index in [-0.39, 0.29) is 16.2 Å². The average Bonchev–Trinajstić information content (AvgIpc) is 0.725. The van der Waals surface area contributed by atoms with E-state index in [9.17, 15) is 0 Å². The Bertz CT molecular complexity index is 2090. The third-order valence-corrected chi connectivity index (χ3v) is 21.7. The molecular formula is C87H152. The second kappa shape index (κ2) is 44.2. The molecule has 0 fully saturated rings. The van der Waals surface area contributed by atoms with Crippen LogP contribution in [0.2, 0.25) is 0 Å². The molecule has 0 nitrogen and oxygen atoms in total. The van der Waals surface area contributed by atoms with Crippen molar-refractivity contribution in [3.8, 4) is 0 Å². The summed E-state index contributed by atoms with van der Waals surface area (Å²) in [5.41, 5.74) is 15.9. The van der Waals surface area contributed by atoms with E-state index in [1.807, 2.05) is 5.56 Å². The minimum absolute atomic E-state index is 0.0243. The zero-order valence-electron chi connectivity index (χ0n) is 62.3. The Hall–Kier alpha value is -2.34. The van der Waals surface area contributed by atoms with Crippen molar-refractivity contribution in [2.45, 2.75) is 405 Å². The van der Waals surface area contributed by atoms with Crippen LogP contribution in [0, 0.1) is 82.5 Å². The molecule has 87 heavy (non-hydrogen) atoms. The van der Waals surface area contributed by atoms with Gasteiger partial charge in [0.15, 0.2) is 0 Å². The summed E-state index contributed by atoms with van der Waals surface area (Å²) in [7, 11) is 0. The number of hydrogen-bond acceptors (Lipinski definition) is 0. The summed E-state index contributed by atoms with van der Waals surface area (Å²) in [5, 5.41) is 0. The minimum Gasteiger partial charge on any atom is -0.0628 e. The molecule has 0 unspecified atom stereocenters. The van der Waals surface area contributed by atoms with Crippen LogP contribution in [0.15, 0.2) is 48.5 Å². The molecule has 0 atom stereocenters. The summed E-state index contributed by atoms with van der Waals surface area (Å²) < 4.78 is 0. The first-order valence-electron chi connectivity index (χ1n) is 38.9. The summed E-state index contributed by atoms with van der Waals surface area (Å²) in [6.07, 6.45) is 56.9. The van der Waals surface area contributed by atoms with E-state index in [0.29, 0.717) is 0 Å². The van der Waals surface area contributed by atoms with Crippen molar-refractivity contribution >= 4 is 0 Å². The maximum Gasteiger partial charge on any atom is 0.0273 e. The standard InChI is InChI=1S/C87H152/c1-69(2)49-37-25-19-31-43-55-81-65-77(15)68-84(80(81)18)85(60-44-32-20-26-38-50-70(3)4,61-45-33-21-27-39-51-71(5)6)86(62-46-34-22-28-40-52-72(7)8,63-47-35-23-29-41-53-73(9)10)87(82-66-75(13)56-58-78(82)16,83-67-76(14)57-59-79(83)17)64-48-36-24-30-42-54-74(11)12/h56-59,65-74H,19-55,60-64H2,1-18H3. The van der Waals surface area contributed by atoms with Crippen LogP contribution in [0.25, 0.3) is 0 Å². The van der Waals surface area contributed by atoms with Gasteiger partial charge in [0.1, 0.15) is 0 Å². The van der Waals surface area contributed by atoms with Crippen LogP contribution in [-0.2, 0) is 17.3 Å². The van der Waals surface area contributed by atoms with Crippen molar-refractivity contribution in [3.63, 3.8) is 0 Å². The van der Waals surface area contributed by atoms with Gasteiger partial charge in [-0.2, -0.15) is 0 Å². The Balaban J connectivity index is 2.73. The first kappa shape index (κ1) is 78.9. The van der Waals surface area contributed by atoms with Gasteiger partial charge in [0, 0.05) is 10.8 Å². The molecule has 3 rings (SSSR count). The zero-order chi connectivity index (χ0) is 64.1. The summed E-state index contributed by atoms with van der Waals surface area (Å²) in [4.78, 5) is 0. The van der Waals surface area contributed by atoms with Crippen molar-refractivity contribution in [2.75, 3.05) is 0 Å². The van der Waals surface area contributed by atoms with Crippen LogP contribution >= 0.6 is 0 Å². The number of hydrogen-bond donors (Lipinski definition) is 0. The SMILES string of the molecule is Cc1cc(CCCCCCCC(C)C)c(C)c(C(CCCCCCCC(C)C)(CCCCCCCC(C)C)C(CCCCCCCC(C)C)(CCCCCCCC(C)C)C(CCCCCCCC(C)C)(c2cc(C)ccc2C)c2cc(C)ccc2C)c1. The normalized spacial score (nSPS) is 12.7. The molecule has 0 amide bonds. The fourth-order valence-electron chi connectivity index (χ4n) is 16.7. The van der Waals surface area contributed by atoms with Crippen molar-refractivity contribution < 1.29 is 0 Å². The van der Waals surface area contributed by atoms with Gasteiger partial charge in [-0.05, 0) is 166 Å². The summed E-state index contributed by atoms with van der Waals surface area (Å²) in [5.74, 6) is 4.76. The van der Waals surface area contributed by atoms with Crippen molar-refractivity contribution in [1.29, 1.82) is 0 Å². The molecule has 0 aromatic heterocycles. The third-order valence-electron chi connectivity index (χ3n) is 21.7. The fourth-order valence-corrected chi connectivity index (χ4v) is 16.7. The summed E-state index contributed by atoms with van der Waals surface area (Å²) in [6, 6.07) is 21.4. The van der Waals surface area contributed by atoms with Gasteiger partial charge in [0.2, 0.25) is 0 Å². The van der Waals surface area contributed by atoms with Gasteiger partial charge in [0.25, 0.3) is 0 Å². The number of aryl methyl sites for hydroxylation is 6. The first-order valence-corrected chi connectivity index (χ1v) is 38.9. The van der Waals surface area contributed by atoms with E-state index in [0.717, 1.165) is 35.5 Å². The topological polar surface area (TPSA) is 0 Å². The molecule has 3 aromatic rings. The van der Waals surface area contributed by atoms with E-state index in [2.05, 4.69) is 173 Å². The lowest BCUT2D eigenvalue weighted by Gasteiger charge is -2.64. The molecule has 0 aliphatic rings. The Kier molecular flexibility index (Phi) is 40.1. The van der Waals surface area contributed by atoms with Crippen LogP contribution in [0.3, 0.4) is 0 Å². The van der Waals surface area contributed by atoms with Crippen molar-refractivity contribution in [3.05, 3.63) is 104 Å². The molecule has 500 valence electrons. The molecule has 0 radical (unpaired) electrons. The average molecular weight is 1200 g/mol. The molecule has 0 saturated carbocycles. The van der Waals surface area contributed by atoms with Gasteiger partial charge in [-0.15, -0.1) is 0 Å². The largest absolute Gasteiger partial charge is 0.0628 e. The van der Waals surface area contributed by atoms with Crippen LogP contribution in [-0.4, -0.2) is 0 Å². The Morgan fingerprint density at radius 1 is 0.264 bits per heavy atom. The Morgan fingerprint density at radius 2 is 0.540 bits per heavy atom. The minimum atomic E-state index is -0.187. The molecule has 0 N–H and O–H groups in total. The van der Waals surface area contributed by atoms with Gasteiger partial charge in [-0.3, -0.25) is 0 Å². The van der Waals surface area contributed by atoms with E-state index >= 15 is 0 Å². The lowest BCUT2D eigenvalue weighted by atomic mass is 9.39. The zero-order valence-corrected chi connectivity index (χ0v) is 62.3. The van der Waals surface area contributed by atoms with E-state index in [1.165, 1.54) is 286 Å². The number of benzene rings is 3. The molecule has 0 saturated heterocycles. The highest BCUT2D eigenvalue weighted by molar-refractivity contribution is 5.55. The van der Waals surface area contributed by atoms with Crippen LogP contribution in [0.1, 0.15) is 402 Å².